The lowest BCUT2D eigenvalue weighted by molar-refractivity contribution is 0.0982. The molecule has 4 aromatic rings. The van der Waals surface area contributed by atoms with Crippen LogP contribution in [-0.4, -0.2) is 32.8 Å². The Hall–Kier alpha value is -2.97. The van der Waals surface area contributed by atoms with E-state index in [1.54, 1.807) is 35.2 Å². The number of amides is 1. The second kappa shape index (κ2) is 7.81. The monoisotopic (exact) mass is 427 g/mol. The molecular formula is C20H18ClN5O2S. The molecule has 0 bridgehead atoms. The van der Waals surface area contributed by atoms with E-state index in [-0.39, 0.29) is 11.8 Å². The van der Waals surface area contributed by atoms with E-state index in [4.69, 9.17) is 21.3 Å². The van der Waals surface area contributed by atoms with Gasteiger partial charge in [0, 0.05) is 25.6 Å². The summed E-state index contributed by atoms with van der Waals surface area (Å²) in [4.78, 5) is 24.0. The van der Waals surface area contributed by atoms with Crippen LogP contribution < -0.4 is 9.64 Å². The van der Waals surface area contributed by atoms with Crippen molar-refractivity contribution in [1.29, 1.82) is 0 Å². The van der Waals surface area contributed by atoms with Crippen molar-refractivity contribution >= 4 is 44.2 Å². The van der Waals surface area contributed by atoms with E-state index in [0.29, 0.717) is 22.3 Å². The molecule has 1 amide bonds. The molecule has 0 fully saturated rings. The number of thiazole rings is 1. The van der Waals surface area contributed by atoms with E-state index in [1.807, 2.05) is 31.2 Å². The first-order valence-electron chi connectivity index (χ1n) is 8.82. The summed E-state index contributed by atoms with van der Waals surface area (Å²) in [5.41, 5.74) is 3.03. The second-order valence-electron chi connectivity index (χ2n) is 6.52. The minimum atomic E-state index is -0.258. The van der Waals surface area contributed by atoms with Gasteiger partial charge in [-0.25, -0.2) is 4.98 Å². The van der Waals surface area contributed by atoms with Crippen LogP contribution in [0.2, 0.25) is 5.02 Å². The highest BCUT2D eigenvalue weighted by Gasteiger charge is 2.27. The lowest BCUT2D eigenvalue weighted by atomic mass is 10.2. The van der Waals surface area contributed by atoms with Crippen molar-refractivity contribution in [2.45, 2.75) is 13.5 Å². The molecule has 0 unspecified atom stereocenters. The zero-order valence-electron chi connectivity index (χ0n) is 16.1. The van der Waals surface area contributed by atoms with E-state index in [2.05, 4.69) is 10.1 Å². The summed E-state index contributed by atoms with van der Waals surface area (Å²) in [6, 6.07) is 7.52. The fraction of sp³-hybridized carbons (Fsp3) is 0.200. The van der Waals surface area contributed by atoms with Gasteiger partial charge < -0.3 is 4.74 Å². The number of aromatic nitrogens is 4. The van der Waals surface area contributed by atoms with Crippen LogP contribution in [0, 0.1) is 6.92 Å². The summed E-state index contributed by atoms with van der Waals surface area (Å²) in [5.74, 6) is 0.00986. The first kappa shape index (κ1) is 19.4. The van der Waals surface area contributed by atoms with Crippen molar-refractivity contribution in [3.63, 3.8) is 0 Å². The largest absolute Gasteiger partial charge is 0.479 e. The van der Waals surface area contributed by atoms with Gasteiger partial charge >= 0.3 is 0 Å². The molecule has 0 aliphatic rings. The number of hydrogen-bond donors (Lipinski definition) is 0. The Kier molecular flexibility index (Phi) is 5.21. The van der Waals surface area contributed by atoms with Crippen LogP contribution >= 0.6 is 22.9 Å². The molecule has 0 radical (unpaired) electrons. The van der Waals surface area contributed by atoms with Crippen LogP contribution in [0.25, 0.3) is 10.2 Å². The lowest BCUT2D eigenvalue weighted by Gasteiger charge is -2.19. The molecule has 0 aliphatic heterocycles. The number of methoxy groups -OCH3 is 1. The van der Waals surface area contributed by atoms with E-state index < -0.39 is 0 Å². The van der Waals surface area contributed by atoms with Crippen molar-refractivity contribution in [2.24, 2.45) is 7.05 Å². The average Bonchev–Trinajstić information content (AvgIpc) is 3.34. The predicted molar refractivity (Wildman–Crippen MR) is 114 cm³/mol. The summed E-state index contributed by atoms with van der Waals surface area (Å²) < 4.78 is 7.69. The van der Waals surface area contributed by atoms with Crippen molar-refractivity contribution in [2.75, 3.05) is 12.0 Å². The van der Waals surface area contributed by atoms with Crippen molar-refractivity contribution in [3.8, 4) is 5.88 Å². The normalized spacial score (nSPS) is 11.0. The van der Waals surface area contributed by atoms with E-state index in [9.17, 15) is 4.79 Å². The predicted octanol–water partition coefficient (Wildman–Crippen LogP) is 4.24. The maximum absolute atomic E-state index is 13.5. The summed E-state index contributed by atoms with van der Waals surface area (Å²) >= 11 is 7.76. The molecule has 0 aliphatic carbocycles. The highest BCUT2D eigenvalue weighted by Crippen LogP contribution is 2.37. The third kappa shape index (κ3) is 3.68. The number of halogens is 1. The number of ether oxygens (including phenoxy) is 1. The highest BCUT2D eigenvalue weighted by molar-refractivity contribution is 7.23. The summed E-state index contributed by atoms with van der Waals surface area (Å²) in [5, 5.41) is 5.37. The molecule has 3 heterocycles. The number of fused-ring (bicyclic) bond motifs is 1. The fourth-order valence-electron chi connectivity index (χ4n) is 3.02. The number of aryl methyl sites for hydroxylation is 2. The minimum absolute atomic E-state index is 0.258. The number of anilines is 1. The molecule has 3 aromatic heterocycles. The molecular weight excluding hydrogens is 410 g/mol. The zero-order valence-corrected chi connectivity index (χ0v) is 17.7. The van der Waals surface area contributed by atoms with Crippen LogP contribution in [0.1, 0.15) is 21.5 Å². The first-order valence-corrected chi connectivity index (χ1v) is 10.0. The summed E-state index contributed by atoms with van der Waals surface area (Å²) in [6.45, 7) is 2.28. The Morgan fingerprint density at radius 3 is 2.86 bits per heavy atom. The number of carbonyl (C=O) groups is 1. The molecule has 9 heteroatoms. The lowest BCUT2D eigenvalue weighted by Crippen LogP contribution is -2.30. The van der Waals surface area contributed by atoms with Crippen LogP contribution in [0.5, 0.6) is 5.88 Å². The third-order valence-electron chi connectivity index (χ3n) is 4.44. The maximum atomic E-state index is 13.5. The Balaban J connectivity index is 1.83. The number of rotatable bonds is 5. The summed E-state index contributed by atoms with van der Waals surface area (Å²) in [6.07, 6.45) is 5.07. The second-order valence-corrected chi connectivity index (χ2v) is 7.90. The molecule has 7 nitrogen and oxygen atoms in total. The van der Waals surface area contributed by atoms with Gasteiger partial charge in [0.25, 0.3) is 5.91 Å². The molecule has 4 rings (SSSR count). The summed E-state index contributed by atoms with van der Waals surface area (Å²) in [7, 11) is 3.23. The maximum Gasteiger partial charge on any atom is 0.267 e. The quantitative estimate of drug-likeness (QED) is 0.476. The standard InChI is InChI=1S/C20H18ClN5O2S/c1-12-6-7-15(21)17-16(12)23-20(29-17)26(10-13-5-4-8-22-9-13)19(27)14-11-25(2)24-18(14)28-3/h4-9,11H,10H2,1-3H3. The smallest absolute Gasteiger partial charge is 0.267 e. The molecule has 148 valence electrons. The fourth-order valence-corrected chi connectivity index (χ4v) is 4.33. The molecule has 1 aromatic carbocycles. The highest BCUT2D eigenvalue weighted by atomic mass is 35.5. The topological polar surface area (TPSA) is 73.1 Å². The van der Waals surface area contributed by atoms with Crippen LogP contribution in [0.4, 0.5) is 5.13 Å². The van der Waals surface area contributed by atoms with Crippen molar-refractivity contribution in [3.05, 3.63) is 64.6 Å². The van der Waals surface area contributed by atoms with Gasteiger partial charge in [-0.3, -0.25) is 19.4 Å². The zero-order chi connectivity index (χ0) is 20.5. The van der Waals surface area contributed by atoms with Crippen LogP contribution in [0.3, 0.4) is 0 Å². The van der Waals surface area contributed by atoms with Crippen LogP contribution in [-0.2, 0) is 13.6 Å². The van der Waals surface area contributed by atoms with Gasteiger partial charge in [0.2, 0.25) is 5.88 Å². The molecule has 0 N–H and O–H groups in total. The van der Waals surface area contributed by atoms with Crippen LogP contribution in [0.15, 0.2) is 42.9 Å². The molecule has 0 spiro atoms. The number of pyridine rings is 1. The van der Waals surface area contributed by atoms with Gasteiger partial charge in [-0.15, -0.1) is 5.10 Å². The van der Waals surface area contributed by atoms with Gasteiger partial charge in [-0.1, -0.05) is 35.1 Å². The number of hydrogen-bond acceptors (Lipinski definition) is 6. The Morgan fingerprint density at radius 2 is 2.17 bits per heavy atom. The first-order chi connectivity index (χ1) is 14.0. The average molecular weight is 428 g/mol. The number of carbonyl (C=O) groups excluding carboxylic acids is 1. The Bertz CT molecular complexity index is 1150. The number of benzene rings is 1. The SMILES string of the molecule is COc1nn(C)cc1C(=O)N(Cc1cccnc1)c1nc2c(C)ccc(Cl)c2s1. The van der Waals surface area contributed by atoms with Gasteiger partial charge in [-0.2, -0.15) is 0 Å². The van der Waals surface area contributed by atoms with E-state index in [1.165, 1.54) is 18.4 Å². The number of nitrogens with zero attached hydrogens (tertiary/aromatic N) is 5. The van der Waals surface area contributed by atoms with Gasteiger partial charge in [0.15, 0.2) is 5.13 Å². The van der Waals surface area contributed by atoms with Gasteiger partial charge in [0.05, 0.1) is 28.9 Å². The molecule has 0 atom stereocenters. The van der Waals surface area contributed by atoms with Gasteiger partial charge in [-0.05, 0) is 30.2 Å². The Morgan fingerprint density at radius 1 is 1.34 bits per heavy atom. The minimum Gasteiger partial charge on any atom is -0.479 e. The third-order valence-corrected chi connectivity index (χ3v) is 5.98. The van der Waals surface area contributed by atoms with Gasteiger partial charge in [0.1, 0.15) is 5.56 Å². The Labute approximate surface area is 176 Å². The van der Waals surface area contributed by atoms with Crippen molar-refractivity contribution in [1.82, 2.24) is 19.7 Å². The molecule has 0 saturated heterocycles. The molecule has 0 saturated carbocycles. The van der Waals surface area contributed by atoms with E-state index >= 15 is 0 Å². The van der Waals surface area contributed by atoms with Crippen molar-refractivity contribution < 1.29 is 9.53 Å². The van der Waals surface area contributed by atoms with E-state index in [0.717, 1.165) is 21.3 Å². The molecule has 29 heavy (non-hydrogen) atoms.